The molecule has 2 heterocycles. The lowest BCUT2D eigenvalue weighted by Gasteiger charge is -2.35. The fourth-order valence-corrected chi connectivity index (χ4v) is 5.30. The number of allylic oxidation sites excluding steroid dienone is 1. The standard InChI is InChI=1S/C29H20ClIN4O5/c1-38-28(36)24-23(15-6-4-3-5-7-15)19(14-32)26(33)35(25(24)29(37)39-2)17-9-11-22-21(13-17)34-27(40-22)18-12-16(31)8-10-20(18)30/h3-13,23H,33H2,1-2H3. The molecule has 0 saturated heterocycles. The third-order valence-corrected chi connectivity index (χ3v) is 7.40. The molecule has 1 aromatic heterocycles. The van der Waals surface area contributed by atoms with Crippen LogP contribution in [0.4, 0.5) is 5.69 Å². The Morgan fingerprint density at radius 3 is 2.48 bits per heavy atom. The predicted octanol–water partition coefficient (Wildman–Crippen LogP) is 5.65. The van der Waals surface area contributed by atoms with E-state index in [4.69, 9.17) is 31.2 Å². The monoisotopic (exact) mass is 666 g/mol. The smallest absolute Gasteiger partial charge is 0.355 e. The predicted molar refractivity (Wildman–Crippen MR) is 157 cm³/mol. The van der Waals surface area contributed by atoms with E-state index in [-0.39, 0.29) is 22.7 Å². The molecule has 0 amide bonds. The molecule has 0 radical (unpaired) electrons. The van der Waals surface area contributed by atoms with E-state index in [1.807, 2.05) is 12.1 Å². The molecule has 0 saturated carbocycles. The summed E-state index contributed by atoms with van der Waals surface area (Å²) in [5, 5.41) is 10.7. The summed E-state index contributed by atoms with van der Waals surface area (Å²) in [7, 11) is 2.39. The van der Waals surface area contributed by atoms with Gasteiger partial charge in [-0.3, -0.25) is 4.90 Å². The number of fused-ring (bicyclic) bond motifs is 1. The van der Waals surface area contributed by atoms with E-state index in [0.29, 0.717) is 38.8 Å². The summed E-state index contributed by atoms with van der Waals surface area (Å²) in [5.74, 6) is -2.36. The van der Waals surface area contributed by atoms with Gasteiger partial charge in [-0.25, -0.2) is 14.6 Å². The fraction of sp³-hybridized carbons (Fsp3) is 0.103. The van der Waals surface area contributed by atoms with Crippen molar-refractivity contribution in [2.24, 2.45) is 5.73 Å². The first kappa shape index (κ1) is 27.2. The van der Waals surface area contributed by atoms with E-state index in [2.05, 4.69) is 33.6 Å². The third-order valence-electron chi connectivity index (χ3n) is 6.40. The van der Waals surface area contributed by atoms with Crippen molar-refractivity contribution in [2.45, 2.75) is 5.92 Å². The van der Waals surface area contributed by atoms with Gasteiger partial charge in [0.05, 0.1) is 53.6 Å². The Labute approximate surface area is 247 Å². The average Bonchev–Trinajstić information content (AvgIpc) is 3.40. The zero-order valence-corrected chi connectivity index (χ0v) is 24.1. The quantitative estimate of drug-likeness (QED) is 0.212. The number of halogens is 2. The van der Waals surface area contributed by atoms with Crippen LogP contribution in [0.1, 0.15) is 11.5 Å². The summed E-state index contributed by atoms with van der Waals surface area (Å²) in [6.45, 7) is 0. The van der Waals surface area contributed by atoms with E-state index < -0.39 is 17.9 Å². The van der Waals surface area contributed by atoms with E-state index in [1.54, 1.807) is 54.6 Å². The van der Waals surface area contributed by atoms with Crippen molar-refractivity contribution in [1.82, 2.24) is 4.98 Å². The first-order valence-electron chi connectivity index (χ1n) is 11.8. The number of ether oxygens (including phenoxy) is 2. The van der Waals surface area contributed by atoms with Gasteiger partial charge in [-0.2, -0.15) is 5.26 Å². The number of carbonyl (C=O) groups is 2. The second-order valence-electron chi connectivity index (χ2n) is 8.63. The average molecular weight is 667 g/mol. The first-order valence-corrected chi connectivity index (χ1v) is 13.3. The zero-order chi connectivity index (χ0) is 28.6. The molecule has 1 aliphatic heterocycles. The van der Waals surface area contributed by atoms with Crippen LogP contribution < -0.4 is 10.6 Å². The summed E-state index contributed by atoms with van der Waals surface area (Å²) in [5.41, 5.74) is 8.81. The second kappa shape index (κ2) is 11.0. The van der Waals surface area contributed by atoms with Crippen molar-refractivity contribution in [3.63, 3.8) is 0 Å². The van der Waals surface area contributed by atoms with Crippen molar-refractivity contribution in [3.8, 4) is 17.5 Å². The number of hydrogen-bond donors (Lipinski definition) is 1. The molecule has 1 aliphatic rings. The van der Waals surface area contributed by atoms with Crippen LogP contribution in [0.3, 0.4) is 0 Å². The third kappa shape index (κ3) is 4.67. The van der Waals surface area contributed by atoms with Gasteiger partial charge in [0, 0.05) is 3.57 Å². The molecule has 40 heavy (non-hydrogen) atoms. The van der Waals surface area contributed by atoms with Gasteiger partial charge in [0.15, 0.2) is 5.58 Å². The number of anilines is 1. The number of benzene rings is 3. The molecule has 1 atom stereocenters. The minimum atomic E-state index is -0.964. The molecule has 2 N–H and O–H groups in total. The minimum absolute atomic E-state index is 0.0480. The van der Waals surface area contributed by atoms with E-state index in [9.17, 15) is 14.9 Å². The van der Waals surface area contributed by atoms with Crippen LogP contribution in [0.5, 0.6) is 0 Å². The summed E-state index contributed by atoms with van der Waals surface area (Å²) in [4.78, 5) is 32.4. The number of nitrogens with two attached hydrogens (primary N) is 1. The number of methoxy groups -OCH3 is 2. The number of hydrogen-bond acceptors (Lipinski definition) is 9. The molecule has 5 rings (SSSR count). The number of carbonyl (C=O) groups excluding carboxylic acids is 2. The number of esters is 2. The number of oxazole rings is 1. The normalized spacial score (nSPS) is 15.3. The Kier molecular flexibility index (Phi) is 7.51. The molecule has 9 nitrogen and oxygen atoms in total. The molecule has 0 fully saturated rings. The maximum atomic E-state index is 13.3. The highest BCUT2D eigenvalue weighted by Gasteiger charge is 2.43. The molecular formula is C29H20ClIN4O5. The maximum absolute atomic E-state index is 13.3. The summed E-state index contributed by atoms with van der Waals surface area (Å²) in [6, 6.07) is 21.3. The van der Waals surface area contributed by atoms with Crippen LogP contribution >= 0.6 is 34.2 Å². The van der Waals surface area contributed by atoms with Crippen molar-refractivity contribution in [1.29, 1.82) is 5.26 Å². The highest BCUT2D eigenvalue weighted by atomic mass is 127. The highest BCUT2D eigenvalue weighted by molar-refractivity contribution is 14.1. The number of aromatic nitrogens is 1. The SMILES string of the molecule is COC(=O)C1=C(C(=O)OC)N(c2ccc3oc(-c4cc(I)ccc4Cl)nc3c2)C(N)=C(C#N)C1c1ccccc1. The van der Waals surface area contributed by atoms with Gasteiger partial charge in [0.25, 0.3) is 0 Å². The van der Waals surface area contributed by atoms with E-state index in [0.717, 1.165) is 3.57 Å². The Balaban J connectivity index is 1.74. The Morgan fingerprint density at radius 2 is 1.80 bits per heavy atom. The molecule has 0 aliphatic carbocycles. The second-order valence-corrected chi connectivity index (χ2v) is 10.3. The largest absolute Gasteiger partial charge is 0.466 e. The van der Waals surface area contributed by atoms with Gasteiger partial charge < -0.3 is 19.6 Å². The molecule has 0 spiro atoms. The Bertz CT molecular complexity index is 1770. The van der Waals surface area contributed by atoms with E-state index in [1.165, 1.54) is 19.1 Å². The van der Waals surface area contributed by atoms with Gasteiger partial charge in [-0.1, -0.05) is 41.9 Å². The van der Waals surface area contributed by atoms with Crippen LogP contribution in [0.25, 0.3) is 22.6 Å². The van der Waals surface area contributed by atoms with Crippen LogP contribution in [0.15, 0.2) is 93.8 Å². The van der Waals surface area contributed by atoms with Crippen LogP contribution in [-0.4, -0.2) is 31.1 Å². The maximum Gasteiger partial charge on any atom is 0.355 e. The Morgan fingerprint density at radius 1 is 1.07 bits per heavy atom. The van der Waals surface area contributed by atoms with Gasteiger partial charge in [-0.15, -0.1) is 0 Å². The molecule has 0 bridgehead atoms. The molecule has 3 aromatic carbocycles. The summed E-state index contributed by atoms with van der Waals surface area (Å²) < 4.78 is 17.1. The number of nitriles is 1. The minimum Gasteiger partial charge on any atom is -0.466 e. The van der Waals surface area contributed by atoms with Crippen molar-refractivity contribution in [3.05, 3.63) is 104 Å². The molecule has 1 unspecified atom stereocenters. The molecular weight excluding hydrogens is 647 g/mol. The summed E-state index contributed by atoms with van der Waals surface area (Å²) in [6.07, 6.45) is 0. The van der Waals surface area contributed by atoms with Gasteiger partial charge in [0.2, 0.25) is 5.89 Å². The number of nitrogens with zero attached hydrogens (tertiary/aromatic N) is 3. The van der Waals surface area contributed by atoms with Crippen LogP contribution in [0, 0.1) is 14.9 Å². The first-order chi connectivity index (χ1) is 19.3. The van der Waals surface area contributed by atoms with Crippen LogP contribution in [-0.2, 0) is 19.1 Å². The highest BCUT2D eigenvalue weighted by Crippen LogP contribution is 2.44. The van der Waals surface area contributed by atoms with Gasteiger partial charge >= 0.3 is 11.9 Å². The van der Waals surface area contributed by atoms with E-state index >= 15 is 0 Å². The van der Waals surface area contributed by atoms with Gasteiger partial charge in [-0.05, 0) is 64.6 Å². The van der Waals surface area contributed by atoms with Crippen LogP contribution in [0.2, 0.25) is 5.02 Å². The summed E-state index contributed by atoms with van der Waals surface area (Å²) >= 11 is 8.56. The number of rotatable bonds is 5. The molecule has 11 heteroatoms. The van der Waals surface area contributed by atoms with Crippen molar-refractivity contribution >= 4 is 62.9 Å². The fourth-order valence-electron chi connectivity index (χ4n) is 4.61. The lowest BCUT2D eigenvalue weighted by atomic mass is 9.81. The lowest BCUT2D eigenvalue weighted by molar-refractivity contribution is -0.139. The van der Waals surface area contributed by atoms with Gasteiger partial charge in [0.1, 0.15) is 17.0 Å². The molecule has 4 aromatic rings. The zero-order valence-electron chi connectivity index (χ0n) is 21.1. The van der Waals surface area contributed by atoms with Crippen molar-refractivity contribution < 1.29 is 23.5 Å². The lowest BCUT2D eigenvalue weighted by Crippen LogP contribution is -2.40. The van der Waals surface area contributed by atoms with Crippen molar-refractivity contribution in [2.75, 3.05) is 19.1 Å². The Hall–Kier alpha value is -4.34. The molecule has 200 valence electrons. The topological polar surface area (TPSA) is 132 Å².